The molecular formula is C12H15NO4. The quantitative estimate of drug-likeness (QED) is 0.752. The van der Waals surface area contributed by atoms with E-state index < -0.39 is 18.0 Å². The number of hydroxylamine groups is 1. The van der Waals surface area contributed by atoms with Crippen molar-refractivity contribution in [3.05, 3.63) is 35.9 Å². The van der Waals surface area contributed by atoms with Crippen LogP contribution >= 0.6 is 0 Å². The fourth-order valence-corrected chi connectivity index (χ4v) is 1.28. The van der Waals surface area contributed by atoms with Gasteiger partial charge in [0, 0.05) is 0 Å². The van der Waals surface area contributed by atoms with Gasteiger partial charge >= 0.3 is 5.97 Å². The van der Waals surface area contributed by atoms with Crippen LogP contribution in [0.5, 0.6) is 0 Å². The van der Waals surface area contributed by atoms with E-state index in [1.54, 1.807) is 13.8 Å². The lowest BCUT2D eigenvalue weighted by molar-refractivity contribution is -0.151. The van der Waals surface area contributed by atoms with Crippen molar-refractivity contribution in [3.8, 4) is 0 Å². The highest BCUT2D eigenvalue weighted by Gasteiger charge is 2.29. The molecule has 1 rings (SSSR count). The van der Waals surface area contributed by atoms with Crippen molar-refractivity contribution >= 4 is 11.9 Å². The SMILES string of the molecule is CC(C)(C(=O)NOCC(=O)O)c1ccccc1. The summed E-state index contributed by atoms with van der Waals surface area (Å²) in [6.45, 7) is 2.92. The number of benzene rings is 1. The van der Waals surface area contributed by atoms with Gasteiger partial charge < -0.3 is 5.11 Å². The third-order valence-electron chi connectivity index (χ3n) is 2.42. The molecule has 1 aromatic carbocycles. The fourth-order valence-electron chi connectivity index (χ4n) is 1.28. The number of hydrogen-bond acceptors (Lipinski definition) is 3. The highest BCUT2D eigenvalue weighted by molar-refractivity contribution is 5.86. The van der Waals surface area contributed by atoms with Crippen LogP contribution in [0.3, 0.4) is 0 Å². The van der Waals surface area contributed by atoms with Gasteiger partial charge in [-0.15, -0.1) is 0 Å². The Bertz CT molecular complexity index is 400. The molecule has 0 fully saturated rings. The Labute approximate surface area is 99.4 Å². The molecule has 1 aromatic rings. The summed E-state index contributed by atoms with van der Waals surface area (Å²) >= 11 is 0. The van der Waals surface area contributed by atoms with E-state index in [9.17, 15) is 9.59 Å². The molecule has 2 N–H and O–H groups in total. The number of carboxylic acids is 1. The minimum absolute atomic E-state index is 0.384. The molecule has 5 heteroatoms. The van der Waals surface area contributed by atoms with Gasteiger partial charge in [0.15, 0.2) is 6.61 Å². The summed E-state index contributed by atoms with van der Waals surface area (Å²) in [6.07, 6.45) is 0. The molecule has 0 spiro atoms. The number of hydrogen-bond donors (Lipinski definition) is 2. The Hall–Kier alpha value is -1.88. The third-order valence-corrected chi connectivity index (χ3v) is 2.42. The number of aliphatic carboxylic acids is 1. The smallest absolute Gasteiger partial charge is 0.332 e. The largest absolute Gasteiger partial charge is 0.479 e. The predicted octanol–water partition coefficient (Wildman–Crippen LogP) is 1.10. The van der Waals surface area contributed by atoms with Gasteiger partial charge in [0.05, 0.1) is 5.41 Å². The van der Waals surface area contributed by atoms with Gasteiger partial charge in [0.25, 0.3) is 5.91 Å². The van der Waals surface area contributed by atoms with Gasteiger partial charge in [-0.1, -0.05) is 30.3 Å². The Balaban J connectivity index is 2.64. The molecule has 0 unspecified atom stereocenters. The minimum Gasteiger partial charge on any atom is -0.479 e. The zero-order valence-corrected chi connectivity index (χ0v) is 9.77. The molecule has 0 bridgehead atoms. The van der Waals surface area contributed by atoms with Crippen LogP contribution in [0.25, 0.3) is 0 Å². The first kappa shape index (κ1) is 13.2. The lowest BCUT2D eigenvalue weighted by Crippen LogP contribution is -2.40. The van der Waals surface area contributed by atoms with Gasteiger partial charge in [0.1, 0.15) is 0 Å². The molecule has 0 saturated heterocycles. The Kier molecular flexibility index (Phi) is 4.23. The summed E-state index contributed by atoms with van der Waals surface area (Å²) in [7, 11) is 0. The maximum Gasteiger partial charge on any atom is 0.332 e. The van der Waals surface area contributed by atoms with Crippen LogP contribution in [0.2, 0.25) is 0 Å². The first-order chi connectivity index (χ1) is 7.94. The summed E-state index contributed by atoms with van der Waals surface area (Å²) in [4.78, 5) is 26.6. The van der Waals surface area contributed by atoms with Crippen molar-refractivity contribution in [1.82, 2.24) is 5.48 Å². The van der Waals surface area contributed by atoms with Gasteiger partial charge in [-0.3, -0.25) is 9.63 Å². The van der Waals surface area contributed by atoms with Crippen LogP contribution in [0.15, 0.2) is 30.3 Å². The van der Waals surface area contributed by atoms with Gasteiger partial charge in [-0.2, -0.15) is 0 Å². The van der Waals surface area contributed by atoms with E-state index in [0.29, 0.717) is 0 Å². The van der Waals surface area contributed by atoms with E-state index in [4.69, 9.17) is 5.11 Å². The molecule has 92 valence electrons. The standard InChI is InChI=1S/C12H15NO4/c1-12(2,9-6-4-3-5-7-9)11(16)13-17-8-10(14)15/h3-7H,8H2,1-2H3,(H,13,16)(H,14,15). The summed E-state index contributed by atoms with van der Waals surface area (Å²) in [5.41, 5.74) is 2.18. The molecule has 17 heavy (non-hydrogen) atoms. The van der Waals surface area contributed by atoms with E-state index in [1.807, 2.05) is 30.3 Å². The molecule has 5 nitrogen and oxygen atoms in total. The lowest BCUT2D eigenvalue weighted by atomic mass is 9.84. The molecule has 0 heterocycles. The lowest BCUT2D eigenvalue weighted by Gasteiger charge is -2.23. The Morgan fingerprint density at radius 1 is 1.29 bits per heavy atom. The highest BCUT2D eigenvalue weighted by Crippen LogP contribution is 2.22. The minimum atomic E-state index is -1.14. The first-order valence-electron chi connectivity index (χ1n) is 5.14. The topological polar surface area (TPSA) is 75.6 Å². The molecule has 0 aliphatic rings. The Morgan fingerprint density at radius 3 is 2.41 bits per heavy atom. The predicted molar refractivity (Wildman–Crippen MR) is 61.2 cm³/mol. The van der Waals surface area contributed by atoms with Gasteiger partial charge in [-0.25, -0.2) is 10.3 Å². The van der Waals surface area contributed by atoms with Crippen LogP contribution in [-0.4, -0.2) is 23.6 Å². The molecule has 0 aliphatic carbocycles. The zero-order chi connectivity index (χ0) is 12.9. The van der Waals surface area contributed by atoms with Crippen molar-refractivity contribution in [2.45, 2.75) is 19.3 Å². The highest BCUT2D eigenvalue weighted by atomic mass is 16.7. The summed E-state index contributed by atoms with van der Waals surface area (Å²) < 4.78 is 0. The van der Waals surface area contributed by atoms with Crippen LogP contribution in [0.4, 0.5) is 0 Å². The van der Waals surface area contributed by atoms with Crippen LogP contribution in [-0.2, 0) is 19.8 Å². The second kappa shape index (κ2) is 5.45. The summed E-state index contributed by atoms with van der Waals surface area (Å²) in [5, 5.41) is 8.37. The maximum atomic E-state index is 11.8. The van der Waals surface area contributed by atoms with Crippen LogP contribution in [0, 0.1) is 0 Å². The molecule has 0 radical (unpaired) electrons. The monoisotopic (exact) mass is 237 g/mol. The maximum absolute atomic E-state index is 11.8. The van der Waals surface area contributed by atoms with Crippen molar-refractivity contribution in [1.29, 1.82) is 0 Å². The van der Waals surface area contributed by atoms with E-state index in [1.165, 1.54) is 0 Å². The number of amides is 1. The van der Waals surface area contributed by atoms with E-state index in [-0.39, 0.29) is 5.91 Å². The second-order valence-electron chi connectivity index (χ2n) is 4.10. The number of carboxylic acid groups (broad SMARTS) is 1. The normalized spacial score (nSPS) is 10.9. The third kappa shape index (κ3) is 3.57. The molecule has 0 saturated carbocycles. The molecule has 0 aromatic heterocycles. The number of carbonyl (C=O) groups excluding carboxylic acids is 1. The van der Waals surface area contributed by atoms with E-state index >= 15 is 0 Å². The average Bonchev–Trinajstić information content (AvgIpc) is 2.29. The van der Waals surface area contributed by atoms with Gasteiger partial charge in [0.2, 0.25) is 0 Å². The molecule has 1 amide bonds. The molecule has 0 aliphatic heterocycles. The second-order valence-corrected chi connectivity index (χ2v) is 4.10. The average molecular weight is 237 g/mol. The summed E-state index contributed by atoms with van der Waals surface area (Å²) in [6, 6.07) is 9.19. The van der Waals surface area contributed by atoms with Gasteiger partial charge in [-0.05, 0) is 19.4 Å². The number of rotatable bonds is 5. The number of carbonyl (C=O) groups is 2. The molecular weight excluding hydrogens is 222 g/mol. The zero-order valence-electron chi connectivity index (χ0n) is 9.77. The Morgan fingerprint density at radius 2 is 1.88 bits per heavy atom. The summed E-state index contributed by atoms with van der Waals surface area (Å²) in [5.74, 6) is -1.52. The van der Waals surface area contributed by atoms with Crippen molar-refractivity contribution in [3.63, 3.8) is 0 Å². The van der Waals surface area contributed by atoms with Crippen LogP contribution in [0.1, 0.15) is 19.4 Å². The molecule has 0 atom stereocenters. The van der Waals surface area contributed by atoms with Crippen LogP contribution < -0.4 is 5.48 Å². The van der Waals surface area contributed by atoms with E-state index in [0.717, 1.165) is 5.56 Å². The van der Waals surface area contributed by atoms with Crippen molar-refractivity contribution < 1.29 is 19.5 Å². The van der Waals surface area contributed by atoms with Crippen molar-refractivity contribution in [2.24, 2.45) is 0 Å². The fraction of sp³-hybridized carbons (Fsp3) is 0.333. The van der Waals surface area contributed by atoms with Crippen molar-refractivity contribution in [2.75, 3.05) is 6.61 Å². The number of nitrogens with one attached hydrogen (secondary N) is 1. The first-order valence-corrected chi connectivity index (χ1v) is 5.14. The van der Waals surface area contributed by atoms with E-state index in [2.05, 4.69) is 10.3 Å².